The number of halogens is 1. The number of rotatable bonds is 1. The van der Waals surface area contributed by atoms with Gasteiger partial charge in [0.2, 0.25) is 0 Å². The molecule has 2 radical (unpaired) electrons. The fourth-order valence-corrected chi connectivity index (χ4v) is 2.26. The Hall–Kier alpha value is 0.309. The van der Waals surface area contributed by atoms with Crippen molar-refractivity contribution in [1.29, 1.82) is 0 Å². The molecule has 0 fully saturated rings. The van der Waals surface area contributed by atoms with E-state index in [1.54, 1.807) is 0 Å². The minimum absolute atomic E-state index is 0.671. The average Bonchev–Trinajstić information content (AvgIpc) is 1.90. The molecule has 0 nitrogen and oxygen atoms in total. The van der Waals surface area contributed by atoms with Crippen LogP contribution < -0.4 is 3.58 Å². The summed E-state index contributed by atoms with van der Waals surface area (Å²) in [6.07, 6.45) is 0. The molecule has 1 rings (SSSR count). The molecule has 1 aromatic carbocycles. The van der Waals surface area contributed by atoms with Crippen molar-refractivity contribution in [1.82, 2.24) is 0 Å². The topological polar surface area (TPSA) is 0 Å². The Kier molecular flexibility index (Phi) is 2.70. The van der Waals surface area contributed by atoms with Gasteiger partial charge in [0.25, 0.3) is 0 Å². The Balaban J connectivity index is 2.83. The molecule has 0 unspecified atom stereocenters. The molecule has 0 aromatic heterocycles. The maximum absolute atomic E-state index is 5.70. The molecule has 2 heteroatoms. The number of hydrogen-bond acceptors (Lipinski definition) is 0. The number of benzene rings is 1. The van der Waals surface area contributed by atoms with E-state index in [1.165, 1.54) is 3.58 Å². The molecule has 0 heterocycles. The molecule has 0 aliphatic carbocycles. The third kappa shape index (κ3) is 1.67. The van der Waals surface area contributed by atoms with Crippen LogP contribution in [0, 0.1) is 0 Å². The summed E-state index contributed by atoms with van der Waals surface area (Å²) < 4.78 is 1.35. The van der Waals surface area contributed by atoms with E-state index in [0.717, 1.165) is 0 Å². The van der Waals surface area contributed by atoms with E-state index in [9.17, 15) is 0 Å². The zero-order chi connectivity index (χ0) is 5.82. The van der Waals surface area contributed by atoms with Crippen LogP contribution in [0.3, 0.4) is 0 Å². The van der Waals surface area contributed by atoms with Crippen molar-refractivity contribution < 1.29 is 0 Å². The van der Waals surface area contributed by atoms with E-state index in [-0.39, 0.29) is 0 Å². The van der Waals surface area contributed by atoms with Crippen LogP contribution in [0.15, 0.2) is 30.3 Å². The Labute approximate surface area is 62.8 Å². The molecular formula is C6H5ClSn. The Morgan fingerprint density at radius 3 is 2.12 bits per heavy atom. The van der Waals surface area contributed by atoms with Crippen LogP contribution in [0.25, 0.3) is 0 Å². The van der Waals surface area contributed by atoms with Gasteiger partial charge in [0.1, 0.15) is 0 Å². The van der Waals surface area contributed by atoms with E-state index < -0.39 is 20.0 Å². The molecule has 0 spiro atoms. The maximum atomic E-state index is 5.70. The zero-order valence-corrected chi connectivity index (χ0v) is 7.87. The Morgan fingerprint density at radius 2 is 1.75 bits per heavy atom. The van der Waals surface area contributed by atoms with Crippen molar-refractivity contribution in [3.63, 3.8) is 0 Å². The molecule has 0 atom stereocenters. The van der Waals surface area contributed by atoms with Crippen LogP contribution in [-0.2, 0) is 0 Å². The predicted octanol–water partition coefficient (Wildman–Crippen LogP) is 1.17. The summed E-state index contributed by atoms with van der Waals surface area (Å²) in [5.41, 5.74) is 0. The van der Waals surface area contributed by atoms with Gasteiger partial charge in [0.15, 0.2) is 0 Å². The third-order valence-electron chi connectivity index (χ3n) is 0.883. The van der Waals surface area contributed by atoms with Gasteiger partial charge in [-0.25, -0.2) is 0 Å². The molecular weight excluding hydrogens is 226 g/mol. The fraction of sp³-hybridized carbons (Fsp3) is 0. The molecule has 8 heavy (non-hydrogen) atoms. The first-order chi connectivity index (χ1) is 3.93. The van der Waals surface area contributed by atoms with Gasteiger partial charge in [0.05, 0.1) is 0 Å². The van der Waals surface area contributed by atoms with Crippen molar-refractivity contribution in [2.24, 2.45) is 0 Å². The summed E-state index contributed by atoms with van der Waals surface area (Å²) in [6.45, 7) is 0. The molecule has 40 valence electrons. The first kappa shape index (κ1) is 6.43. The van der Waals surface area contributed by atoms with Crippen molar-refractivity contribution in [3.05, 3.63) is 30.3 Å². The zero-order valence-electron chi connectivity index (χ0n) is 4.26. The van der Waals surface area contributed by atoms with Gasteiger partial charge in [-0.2, -0.15) is 0 Å². The quantitative estimate of drug-likeness (QED) is 0.636. The second-order valence-electron chi connectivity index (χ2n) is 1.46. The molecule has 0 amide bonds. The normalized spacial score (nSPS) is 9.12. The van der Waals surface area contributed by atoms with Gasteiger partial charge in [-0.05, 0) is 0 Å². The third-order valence-corrected chi connectivity index (χ3v) is 3.92. The summed E-state index contributed by atoms with van der Waals surface area (Å²) in [7, 11) is 5.70. The molecule has 0 N–H and O–H groups in total. The summed E-state index contributed by atoms with van der Waals surface area (Å²) in [5.74, 6) is 0. The monoisotopic (exact) mass is 232 g/mol. The van der Waals surface area contributed by atoms with Gasteiger partial charge >= 0.3 is 62.8 Å². The van der Waals surface area contributed by atoms with E-state index >= 15 is 0 Å². The van der Waals surface area contributed by atoms with Crippen LogP contribution in [-0.4, -0.2) is 20.0 Å². The van der Waals surface area contributed by atoms with Crippen LogP contribution in [0.1, 0.15) is 0 Å². The Morgan fingerprint density at radius 1 is 1.12 bits per heavy atom. The van der Waals surface area contributed by atoms with Gasteiger partial charge in [-0.15, -0.1) is 0 Å². The average molecular weight is 231 g/mol. The first-order valence-corrected chi connectivity index (χ1v) is 7.39. The SMILES string of the molecule is [Cl][Sn][c]1ccccc1. The second-order valence-corrected chi connectivity index (χ2v) is 4.92. The van der Waals surface area contributed by atoms with Gasteiger partial charge in [0, 0.05) is 0 Å². The molecule has 0 bridgehead atoms. The molecule has 1 aromatic rings. The van der Waals surface area contributed by atoms with Crippen molar-refractivity contribution in [2.45, 2.75) is 0 Å². The first-order valence-electron chi connectivity index (χ1n) is 2.35. The molecule has 0 saturated carbocycles. The van der Waals surface area contributed by atoms with Crippen molar-refractivity contribution in [3.8, 4) is 0 Å². The fourth-order valence-electron chi connectivity index (χ4n) is 0.501. The van der Waals surface area contributed by atoms with Gasteiger partial charge in [-0.1, -0.05) is 0 Å². The summed E-state index contributed by atoms with van der Waals surface area (Å²) in [5, 5.41) is 0. The summed E-state index contributed by atoms with van der Waals surface area (Å²) >= 11 is -0.671. The van der Waals surface area contributed by atoms with Gasteiger partial charge < -0.3 is 0 Å². The molecule has 0 aliphatic heterocycles. The van der Waals surface area contributed by atoms with E-state index in [2.05, 4.69) is 12.1 Å². The minimum atomic E-state index is -0.671. The number of hydrogen-bond donors (Lipinski definition) is 0. The summed E-state index contributed by atoms with van der Waals surface area (Å²) in [6, 6.07) is 10.2. The van der Waals surface area contributed by atoms with Crippen molar-refractivity contribution in [2.75, 3.05) is 0 Å². The molecule has 0 aliphatic rings. The van der Waals surface area contributed by atoms with Gasteiger partial charge in [-0.3, -0.25) is 0 Å². The van der Waals surface area contributed by atoms with Crippen LogP contribution in [0.4, 0.5) is 0 Å². The van der Waals surface area contributed by atoms with Crippen LogP contribution in [0.5, 0.6) is 0 Å². The van der Waals surface area contributed by atoms with E-state index in [0.29, 0.717) is 0 Å². The van der Waals surface area contributed by atoms with E-state index in [1.807, 2.05) is 18.2 Å². The second kappa shape index (κ2) is 3.36. The van der Waals surface area contributed by atoms with E-state index in [4.69, 9.17) is 8.92 Å². The molecule has 0 saturated heterocycles. The standard InChI is InChI=1S/C6H5.ClH.Sn/c1-2-4-6-5-3-1;;/h1-5H;1H;/q;;+1/p-1. The van der Waals surface area contributed by atoms with Crippen molar-refractivity contribution >= 4 is 32.5 Å². The Bertz CT molecular complexity index is 150. The van der Waals surface area contributed by atoms with Crippen LogP contribution in [0.2, 0.25) is 0 Å². The predicted molar refractivity (Wildman–Crippen MR) is 37.7 cm³/mol. The van der Waals surface area contributed by atoms with Crippen LogP contribution >= 0.6 is 8.92 Å². The summed E-state index contributed by atoms with van der Waals surface area (Å²) in [4.78, 5) is 0.